The lowest BCUT2D eigenvalue weighted by Crippen LogP contribution is -2.29. The van der Waals surface area contributed by atoms with Crippen LogP contribution in [0.5, 0.6) is 0 Å². The summed E-state index contributed by atoms with van der Waals surface area (Å²) in [6.07, 6.45) is 7.71. The van der Waals surface area contributed by atoms with Crippen LogP contribution in [0.3, 0.4) is 0 Å². The fraction of sp³-hybridized carbons (Fsp3) is 0.448. The molecule has 1 fully saturated rings. The smallest absolute Gasteiger partial charge is 0.274 e. The second-order valence-electron chi connectivity index (χ2n) is 11.4. The molecule has 1 saturated carbocycles. The number of fused-ring (bicyclic) bond motifs is 1. The van der Waals surface area contributed by atoms with E-state index in [9.17, 15) is 19.5 Å². The molecule has 0 saturated heterocycles. The predicted octanol–water partition coefficient (Wildman–Crippen LogP) is 3.19. The molecule has 3 aromatic rings. The lowest BCUT2D eigenvalue weighted by molar-refractivity contribution is -0.117. The van der Waals surface area contributed by atoms with Crippen LogP contribution in [0.2, 0.25) is 0 Å². The van der Waals surface area contributed by atoms with Gasteiger partial charge in [0, 0.05) is 61.0 Å². The van der Waals surface area contributed by atoms with Gasteiger partial charge in [0.25, 0.3) is 5.56 Å². The number of nitrogens with one attached hydrogen (secondary N) is 1. The molecule has 0 radical (unpaired) electrons. The molecule has 0 spiro atoms. The minimum absolute atomic E-state index is 0.0405. The van der Waals surface area contributed by atoms with E-state index >= 15 is 0 Å². The summed E-state index contributed by atoms with van der Waals surface area (Å²) in [7, 11) is 1.62. The van der Waals surface area contributed by atoms with Crippen molar-refractivity contribution in [3.8, 4) is 11.1 Å². The van der Waals surface area contributed by atoms with E-state index in [4.69, 9.17) is 0 Å². The summed E-state index contributed by atoms with van der Waals surface area (Å²) in [6, 6.07) is 5.61. The van der Waals surface area contributed by atoms with E-state index in [1.54, 1.807) is 31.6 Å². The summed E-state index contributed by atoms with van der Waals surface area (Å²) in [6.45, 7) is 7.30. The van der Waals surface area contributed by atoms with Crippen LogP contribution in [0, 0.1) is 18.3 Å². The maximum atomic E-state index is 12.7. The van der Waals surface area contributed by atoms with Gasteiger partial charge in [-0.2, -0.15) is 0 Å². The molecule has 2 N–H and O–H groups in total. The Kier molecular flexibility index (Phi) is 6.73. The highest BCUT2D eigenvalue weighted by atomic mass is 16.3. The van der Waals surface area contributed by atoms with E-state index in [2.05, 4.69) is 41.7 Å². The normalized spacial score (nSPS) is 15.8. The van der Waals surface area contributed by atoms with Crippen molar-refractivity contribution < 1.29 is 14.7 Å². The number of anilines is 2. The first-order chi connectivity index (χ1) is 18.1. The number of carbonyl (C=O) groups is 2. The van der Waals surface area contributed by atoms with Crippen LogP contribution in [-0.2, 0) is 42.6 Å². The third-order valence-corrected chi connectivity index (χ3v) is 7.68. The minimum Gasteiger partial charge on any atom is -0.392 e. The zero-order valence-electron chi connectivity index (χ0n) is 22.5. The molecule has 2 amide bonds. The average Bonchev–Trinajstić information content (AvgIpc) is 3.63. The number of pyridine rings is 2. The predicted molar refractivity (Wildman–Crippen MR) is 146 cm³/mol. The van der Waals surface area contributed by atoms with Crippen molar-refractivity contribution in [3.05, 3.63) is 63.5 Å². The van der Waals surface area contributed by atoms with Crippen molar-refractivity contribution in [2.75, 3.05) is 16.8 Å². The number of carbonyl (C=O) groups excluding carboxylic acids is 2. The molecule has 3 heterocycles. The van der Waals surface area contributed by atoms with Gasteiger partial charge < -0.3 is 19.6 Å². The number of nitrogens with zero attached hydrogens (tertiary/aromatic N) is 4. The summed E-state index contributed by atoms with van der Waals surface area (Å²) in [5, 5.41) is 13.1. The first kappa shape index (κ1) is 25.9. The quantitative estimate of drug-likeness (QED) is 0.424. The van der Waals surface area contributed by atoms with Crippen molar-refractivity contribution in [1.82, 2.24) is 14.1 Å². The number of amides is 2. The zero-order valence-corrected chi connectivity index (χ0v) is 22.5. The molecule has 9 nitrogen and oxygen atoms in total. The Morgan fingerprint density at radius 1 is 1.29 bits per heavy atom. The van der Waals surface area contributed by atoms with E-state index in [0.29, 0.717) is 35.6 Å². The first-order valence-corrected chi connectivity index (χ1v) is 13.1. The number of aryl methyl sites for hydroxylation is 2. The SMILES string of the molecule is Cc1cc2c(n1CCN(C=O)c1nccc(-c3cc(NC(=O)C4CC4)c(=O)n(C)c3)c1CO)CC(C)(C)C2. The average molecular weight is 518 g/mol. The molecule has 38 heavy (non-hydrogen) atoms. The first-order valence-electron chi connectivity index (χ1n) is 13.1. The molecule has 0 bridgehead atoms. The van der Waals surface area contributed by atoms with Crippen LogP contribution in [0.15, 0.2) is 35.4 Å². The van der Waals surface area contributed by atoms with Crippen LogP contribution < -0.4 is 15.8 Å². The van der Waals surface area contributed by atoms with Gasteiger partial charge in [-0.05, 0) is 67.3 Å². The number of hydrogen-bond acceptors (Lipinski definition) is 5. The largest absolute Gasteiger partial charge is 0.392 e. The van der Waals surface area contributed by atoms with Gasteiger partial charge in [0.1, 0.15) is 11.5 Å². The highest BCUT2D eigenvalue weighted by Crippen LogP contribution is 2.38. The topological polar surface area (TPSA) is 109 Å². The van der Waals surface area contributed by atoms with E-state index in [0.717, 1.165) is 32.1 Å². The number of hydrogen-bond donors (Lipinski definition) is 2. The summed E-state index contributed by atoms with van der Waals surface area (Å²) in [5.41, 5.74) is 5.75. The monoisotopic (exact) mass is 517 g/mol. The van der Waals surface area contributed by atoms with Crippen molar-refractivity contribution >= 4 is 23.8 Å². The summed E-state index contributed by atoms with van der Waals surface area (Å²) in [4.78, 5) is 43.2. The van der Waals surface area contributed by atoms with Crippen LogP contribution >= 0.6 is 0 Å². The molecule has 2 aliphatic carbocycles. The Balaban J connectivity index is 1.45. The van der Waals surface area contributed by atoms with Crippen molar-refractivity contribution in [3.63, 3.8) is 0 Å². The molecular formula is C29H35N5O4. The Hall–Kier alpha value is -3.72. The number of aliphatic hydroxyl groups is 1. The summed E-state index contributed by atoms with van der Waals surface area (Å²) >= 11 is 0. The zero-order chi connectivity index (χ0) is 27.2. The molecule has 0 aromatic carbocycles. The van der Waals surface area contributed by atoms with E-state index < -0.39 is 0 Å². The van der Waals surface area contributed by atoms with Gasteiger partial charge in [0.05, 0.1) is 6.61 Å². The van der Waals surface area contributed by atoms with Gasteiger partial charge in [0.2, 0.25) is 12.3 Å². The molecule has 0 aliphatic heterocycles. The molecule has 3 aromatic heterocycles. The molecule has 0 atom stereocenters. The summed E-state index contributed by atoms with van der Waals surface area (Å²) in [5.74, 6) is 0.180. The Bertz CT molecular complexity index is 1460. The second kappa shape index (κ2) is 9.87. The Labute approximate surface area is 222 Å². The maximum absolute atomic E-state index is 12.7. The van der Waals surface area contributed by atoms with Gasteiger partial charge in [-0.3, -0.25) is 19.3 Å². The molecule has 0 unspecified atom stereocenters. The van der Waals surface area contributed by atoms with Gasteiger partial charge in [-0.15, -0.1) is 0 Å². The third kappa shape index (κ3) is 4.90. The van der Waals surface area contributed by atoms with Crippen LogP contribution in [-0.4, -0.2) is 38.1 Å². The van der Waals surface area contributed by atoms with E-state index in [1.165, 1.54) is 26.4 Å². The highest BCUT2D eigenvalue weighted by molar-refractivity contribution is 5.94. The number of aliphatic hydroxyl groups excluding tert-OH is 1. The van der Waals surface area contributed by atoms with Crippen molar-refractivity contribution in [2.24, 2.45) is 18.4 Å². The molecule has 5 rings (SSSR count). The van der Waals surface area contributed by atoms with Gasteiger partial charge in [-0.1, -0.05) is 13.8 Å². The Morgan fingerprint density at radius 3 is 2.74 bits per heavy atom. The maximum Gasteiger partial charge on any atom is 0.274 e. The Morgan fingerprint density at radius 2 is 2.05 bits per heavy atom. The van der Waals surface area contributed by atoms with Gasteiger partial charge in [0.15, 0.2) is 0 Å². The fourth-order valence-electron chi connectivity index (χ4n) is 5.60. The van der Waals surface area contributed by atoms with Crippen LogP contribution in [0.1, 0.15) is 49.2 Å². The fourth-order valence-corrected chi connectivity index (χ4v) is 5.60. The lowest BCUT2D eigenvalue weighted by Gasteiger charge is -2.23. The van der Waals surface area contributed by atoms with Crippen LogP contribution in [0.4, 0.5) is 11.5 Å². The third-order valence-electron chi connectivity index (χ3n) is 7.68. The van der Waals surface area contributed by atoms with E-state index in [1.807, 2.05) is 0 Å². The van der Waals surface area contributed by atoms with Crippen molar-refractivity contribution in [2.45, 2.75) is 59.6 Å². The van der Waals surface area contributed by atoms with Crippen molar-refractivity contribution in [1.29, 1.82) is 0 Å². The number of aromatic nitrogens is 3. The highest BCUT2D eigenvalue weighted by Gasteiger charge is 2.32. The molecular weight excluding hydrogens is 482 g/mol. The van der Waals surface area contributed by atoms with Gasteiger partial charge in [-0.25, -0.2) is 4.98 Å². The van der Waals surface area contributed by atoms with Gasteiger partial charge >= 0.3 is 0 Å². The molecule has 2 aliphatic rings. The number of rotatable bonds is 9. The summed E-state index contributed by atoms with van der Waals surface area (Å²) < 4.78 is 3.69. The lowest BCUT2D eigenvalue weighted by atomic mass is 9.90. The molecule has 200 valence electrons. The second-order valence-corrected chi connectivity index (χ2v) is 11.4. The molecule has 9 heteroatoms. The van der Waals surface area contributed by atoms with E-state index in [-0.39, 0.29) is 35.1 Å². The minimum atomic E-state index is -0.346. The van der Waals surface area contributed by atoms with Crippen LogP contribution in [0.25, 0.3) is 11.1 Å². The standard InChI is InChI=1S/C29H35N5O4/c1-18-11-20-13-29(2,3)14-25(20)34(18)10-9-33(17-36)26-23(16-35)22(7-8-30-26)21-12-24(28(38)32(4)15-21)31-27(37)19-5-6-19/h7-8,11-12,15,17,19,35H,5-6,9-10,13-14,16H2,1-4H3,(H,31,37).